The molecule has 0 radical (unpaired) electrons. The number of hydrogen-bond acceptors (Lipinski definition) is 1. The van der Waals surface area contributed by atoms with E-state index in [1.54, 1.807) is 19.1 Å². The average Bonchev–Trinajstić information content (AvgIpc) is 2.12. The standard InChI is InChI=1S/C11H15F2N/c1-3-4-5-6-10(11(12)13)9(2)7-8-14/h4-8,11,14H,3H2,1-2H3/b5-4-,9-7+,10-6+,14-8?. The Labute approximate surface area is 83.3 Å². The van der Waals surface area contributed by atoms with Crippen LogP contribution in [0.4, 0.5) is 8.78 Å². The van der Waals surface area contributed by atoms with Gasteiger partial charge < -0.3 is 5.41 Å². The third-order valence-corrected chi connectivity index (χ3v) is 1.67. The number of alkyl halides is 2. The van der Waals surface area contributed by atoms with Crippen molar-refractivity contribution in [3.05, 3.63) is 35.5 Å². The molecule has 0 fully saturated rings. The predicted octanol–water partition coefficient (Wildman–Crippen LogP) is 3.74. The Kier molecular flexibility index (Phi) is 6.54. The molecular formula is C11H15F2N. The van der Waals surface area contributed by atoms with Crippen LogP contribution in [0.2, 0.25) is 0 Å². The average molecular weight is 199 g/mol. The second-order valence-electron chi connectivity index (χ2n) is 2.78. The van der Waals surface area contributed by atoms with E-state index in [0.29, 0.717) is 5.57 Å². The van der Waals surface area contributed by atoms with E-state index < -0.39 is 6.43 Å². The molecule has 0 rings (SSSR count). The van der Waals surface area contributed by atoms with Gasteiger partial charge in [-0.05, 0) is 25.0 Å². The molecule has 0 saturated carbocycles. The molecule has 0 heterocycles. The molecule has 0 saturated heterocycles. The molecule has 0 aliphatic rings. The second-order valence-corrected chi connectivity index (χ2v) is 2.78. The molecule has 0 spiro atoms. The van der Waals surface area contributed by atoms with Crippen LogP contribution in [0.15, 0.2) is 35.5 Å². The lowest BCUT2D eigenvalue weighted by molar-refractivity contribution is 0.192. The molecule has 0 aromatic rings. The molecule has 0 atom stereocenters. The van der Waals surface area contributed by atoms with Crippen molar-refractivity contribution in [2.24, 2.45) is 0 Å². The van der Waals surface area contributed by atoms with Gasteiger partial charge in [0.25, 0.3) is 6.43 Å². The van der Waals surface area contributed by atoms with E-state index in [4.69, 9.17) is 5.41 Å². The highest BCUT2D eigenvalue weighted by atomic mass is 19.3. The van der Waals surface area contributed by atoms with Crippen molar-refractivity contribution < 1.29 is 8.78 Å². The maximum atomic E-state index is 12.5. The third-order valence-electron chi connectivity index (χ3n) is 1.67. The van der Waals surface area contributed by atoms with E-state index in [0.717, 1.165) is 12.6 Å². The van der Waals surface area contributed by atoms with E-state index >= 15 is 0 Å². The highest BCUT2D eigenvalue weighted by Gasteiger charge is 2.10. The van der Waals surface area contributed by atoms with Gasteiger partial charge in [-0.3, -0.25) is 0 Å². The largest absolute Gasteiger partial charge is 0.309 e. The summed E-state index contributed by atoms with van der Waals surface area (Å²) in [6.45, 7) is 3.51. The first kappa shape index (κ1) is 12.8. The summed E-state index contributed by atoms with van der Waals surface area (Å²) in [7, 11) is 0. The van der Waals surface area contributed by atoms with Gasteiger partial charge in [0.1, 0.15) is 0 Å². The minimum absolute atomic E-state index is 0.0294. The van der Waals surface area contributed by atoms with Gasteiger partial charge in [0.2, 0.25) is 0 Å². The smallest absolute Gasteiger partial charge is 0.264 e. The molecule has 0 aliphatic carbocycles. The Morgan fingerprint density at radius 2 is 2.00 bits per heavy atom. The maximum Gasteiger partial charge on any atom is 0.264 e. The van der Waals surface area contributed by atoms with E-state index in [1.807, 2.05) is 6.92 Å². The zero-order chi connectivity index (χ0) is 11.0. The van der Waals surface area contributed by atoms with Crippen LogP contribution in [0, 0.1) is 5.41 Å². The summed E-state index contributed by atoms with van der Waals surface area (Å²) in [5.41, 5.74) is 0.397. The Hall–Kier alpha value is -1.25. The first-order valence-corrected chi connectivity index (χ1v) is 4.46. The van der Waals surface area contributed by atoms with E-state index in [9.17, 15) is 8.78 Å². The molecule has 0 aliphatic heterocycles. The molecule has 3 heteroatoms. The van der Waals surface area contributed by atoms with Crippen LogP contribution in [0.25, 0.3) is 0 Å². The molecule has 0 amide bonds. The zero-order valence-corrected chi connectivity index (χ0v) is 8.43. The number of hydrogen-bond donors (Lipinski definition) is 1. The molecule has 1 nitrogen and oxygen atoms in total. The van der Waals surface area contributed by atoms with Crippen molar-refractivity contribution in [1.82, 2.24) is 0 Å². The summed E-state index contributed by atoms with van der Waals surface area (Å²) in [5, 5.41) is 6.79. The lowest BCUT2D eigenvalue weighted by atomic mass is 10.1. The summed E-state index contributed by atoms with van der Waals surface area (Å²) >= 11 is 0. The molecular weight excluding hydrogens is 184 g/mol. The van der Waals surface area contributed by atoms with Crippen LogP contribution >= 0.6 is 0 Å². The molecule has 78 valence electrons. The van der Waals surface area contributed by atoms with Gasteiger partial charge >= 0.3 is 0 Å². The van der Waals surface area contributed by atoms with Crippen molar-refractivity contribution in [3.8, 4) is 0 Å². The minimum atomic E-state index is -2.49. The van der Waals surface area contributed by atoms with Crippen LogP contribution in [-0.4, -0.2) is 12.6 Å². The van der Waals surface area contributed by atoms with Gasteiger partial charge in [0.15, 0.2) is 0 Å². The summed E-state index contributed by atoms with van der Waals surface area (Å²) in [5.74, 6) is 0. The molecule has 0 aromatic carbocycles. The normalized spacial score (nSPS) is 14.1. The van der Waals surface area contributed by atoms with Crippen LogP contribution in [0.1, 0.15) is 20.3 Å². The predicted molar refractivity (Wildman–Crippen MR) is 56.1 cm³/mol. The SMILES string of the molecule is CC\C=C/C=C(\C(C)=C\C=N)C(F)F. The Morgan fingerprint density at radius 1 is 1.36 bits per heavy atom. The Morgan fingerprint density at radius 3 is 2.43 bits per heavy atom. The van der Waals surface area contributed by atoms with Crippen molar-refractivity contribution in [2.45, 2.75) is 26.7 Å². The number of rotatable bonds is 5. The van der Waals surface area contributed by atoms with Crippen LogP contribution in [0.5, 0.6) is 0 Å². The molecule has 1 N–H and O–H groups in total. The van der Waals surface area contributed by atoms with Crippen molar-refractivity contribution in [2.75, 3.05) is 0 Å². The maximum absolute atomic E-state index is 12.5. The van der Waals surface area contributed by atoms with Crippen LogP contribution in [-0.2, 0) is 0 Å². The van der Waals surface area contributed by atoms with Gasteiger partial charge in [-0.25, -0.2) is 8.78 Å². The van der Waals surface area contributed by atoms with Gasteiger partial charge in [0.05, 0.1) is 0 Å². The van der Waals surface area contributed by atoms with Crippen LogP contribution in [0.3, 0.4) is 0 Å². The zero-order valence-electron chi connectivity index (χ0n) is 8.43. The topological polar surface area (TPSA) is 23.9 Å². The summed E-state index contributed by atoms with van der Waals surface area (Å²) < 4.78 is 25.0. The highest BCUT2D eigenvalue weighted by Crippen LogP contribution is 2.17. The van der Waals surface area contributed by atoms with Crippen molar-refractivity contribution in [1.29, 1.82) is 5.41 Å². The van der Waals surface area contributed by atoms with E-state index in [2.05, 4.69) is 0 Å². The lowest BCUT2D eigenvalue weighted by Gasteiger charge is -2.04. The van der Waals surface area contributed by atoms with Crippen LogP contribution < -0.4 is 0 Å². The lowest BCUT2D eigenvalue weighted by Crippen LogP contribution is -1.98. The molecule has 0 aromatic heterocycles. The Bertz CT molecular complexity index is 262. The van der Waals surface area contributed by atoms with Crippen molar-refractivity contribution in [3.63, 3.8) is 0 Å². The second kappa shape index (κ2) is 7.18. The quantitative estimate of drug-likeness (QED) is 0.515. The van der Waals surface area contributed by atoms with Gasteiger partial charge in [0, 0.05) is 11.8 Å². The first-order valence-electron chi connectivity index (χ1n) is 4.46. The fraction of sp³-hybridized carbons (Fsp3) is 0.364. The van der Waals surface area contributed by atoms with Crippen molar-refractivity contribution >= 4 is 6.21 Å². The molecule has 0 bridgehead atoms. The van der Waals surface area contributed by atoms with E-state index in [1.165, 1.54) is 12.2 Å². The summed E-state index contributed by atoms with van der Waals surface area (Å²) in [6.07, 6.45) is 5.51. The monoisotopic (exact) mass is 199 g/mol. The highest BCUT2D eigenvalue weighted by molar-refractivity contribution is 5.70. The minimum Gasteiger partial charge on any atom is -0.309 e. The molecule has 0 unspecified atom stereocenters. The number of halogens is 2. The number of allylic oxidation sites excluding steroid dienone is 6. The van der Waals surface area contributed by atoms with Gasteiger partial charge in [-0.1, -0.05) is 25.2 Å². The molecule has 14 heavy (non-hydrogen) atoms. The first-order chi connectivity index (χ1) is 6.63. The van der Waals surface area contributed by atoms with Gasteiger partial charge in [-0.15, -0.1) is 0 Å². The summed E-state index contributed by atoms with van der Waals surface area (Å²) in [6, 6.07) is 0. The van der Waals surface area contributed by atoms with Gasteiger partial charge in [-0.2, -0.15) is 0 Å². The summed E-state index contributed by atoms with van der Waals surface area (Å²) in [4.78, 5) is 0. The number of nitrogens with one attached hydrogen (secondary N) is 1. The fourth-order valence-electron chi connectivity index (χ4n) is 0.905. The fourth-order valence-corrected chi connectivity index (χ4v) is 0.905. The Balaban J connectivity index is 4.76. The third kappa shape index (κ3) is 4.70. The van der Waals surface area contributed by atoms with E-state index in [-0.39, 0.29) is 5.57 Å².